The van der Waals surface area contributed by atoms with Crippen molar-refractivity contribution >= 4 is 50.0 Å². The second-order valence-electron chi connectivity index (χ2n) is 8.65. The topological polar surface area (TPSA) is 103 Å². The number of anilines is 2. The molecule has 0 aromatic carbocycles. The van der Waals surface area contributed by atoms with Crippen LogP contribution in [0.1, 0.15) is 23.3 Å². The van der Waals surface area contributed by atoms with Crippen molar-refractivity contribution in [2.24, 2.45) is 5.92 Å². The van der Waals surface area contributed by atoms with Crippen LogP contribution in [0, 0.1) is 5.92 Å². The molecule has 1 amide bonds. The maximum atomic E-state index is 13.1. The first-order valence-corrected chi connectivity index (χ1v) is 11.8. The summed E-state index contributed by atoms with van der Waals surface area (Å²) in [6, 6.07) is 2.00. The number of nitrogens with zero attached hydrogens (tertiary/aromatic N) is 6. The van der Waals surface area contributed by atoms with Gasteiger partial charge in [-0.3, -0.25) is 9.89 Å². The molecule has 4 aromatic rings. The molecule has 164 valence electrons. The summed E-state index contributed by atoms with van der Waals surface area (Å²) >= 11 is 1.67. The van der Waals surface area contributed by atoms with Gasteiger partial charge in [0.15, 0.2) is 5.65 Å². The lowest BCUT2D eigenvalue weighted by Gasteiger charge is -2.34. The molecular formula is C22H24N8OS. The molecule has 0 spiro atoms. The predicted octanol–water partition coefficient (Wildman–Crippen LogP) is 2.93. The maximum Gasteiger partial charge on any atom is 0.226 e. The third-order valence-electron chi connectivity index (χ3n) is 6.57. The van der Waals surface area contributed by atoms with E-state index in [1.807, 2.05) is 11.0 Å². The molecule has 0 aliphatic carbocycles. The Labute approximate surface area is 188 Å². The number of thiophene rings is 1. The maximum absolute atomic E-state index is 13.1. The number of H-pyrrole nitrogens is 1. The zero-order chi connectivity index (χ0) is 21.7. The first kappa shape index (κ1) is 19.6. The van der Waals surface area contributed by atoms with Gasteiger partial charge in [0.05, 0.1) is 30.0 Å². The fourth-order valence-electron chi connectivity index (χ4n) is 4.77. The van der Waals surface area contributed by atoms with Gasteiger partial charge in [0, 0.05) is 22.7 Å². The molecule has 0 atom stereocenters. The van der Waals surface area contributed by atoms with E-state index < -0.39 is 0 Å². The van der Waals surface area contributed by atoms with Gasteiger partial charge in [0.25, 0.3) is 0 Å². The molecule has 10 heteroatoms. The minimum absolute atomic E-state index is 0.157. The van der Waals surface area contributed by atoms with Crippen molar-refractivity contribution in [3.63, 3.8) is 0 Å². The van der Waals surface area contributed by atoms with E-state index in [0.717, 1.165) is 71.7 Å². The second kappa shape index (κ2) is 7.79. The first-order valence-electron chi connectivity index (χ1n) is 10.9. The molecule has 9 nitrogen and oxygen atoms in total. The smallest absolute Gasteiger partial charge is 0.226 e. The summed E-state index contributed by atoms with van der Waals surface area (Å²) in [5.74, 6) is 1.25. The number of hydrogen-bond donors (Lipinski definition) is 2. The Hall–Kier alpha value is -3.11. The van der Waals surface area contributed by atoms with Crippen LogP contribution < -0.4 is 5.32 Å². The Morgan fingerprint density at radius 3 is 2.94 bits per heavy atom. The van der Waals surface area contributed by atoms with Crippen LogP contribution in [-0.2, 0) is 17.8 Å². The van der Waals surface area contributed by atoms with Crippen LogP contribution in [0.5, 0.6) is 0 Å². The zero-order valence-electron chi connectivity index (χ0n) is 17.8. The summed E-state index contributed by atoms with van der Waals surface area (Å²) in [4.78, 5) is 33.1. The molecule has 2 N–H and O–H groups in total. The van der Waals surface area contributed by atoms with Gasteiger partial charge in [-0.15, -0.1) is 11.3 Å². The monoisotopic (exact) mass is 448 g/mol. The van der Waals surface area contributed by atoms with Gasteiger partial charge in [-0.25, -0.2) is 15.0 Å². The van der Waals surface area contributed by atoms with Crippen LogP contribution in [0.4, 0.5) is 11.5 Å². The predicted molar refractivity (Wildman–Crippen MR) is 124 cm³/mol. The normalized spacial score (nSPS) is 17.7. The number of nitrogens with one attached hydrogen (secondary N) is 2. The number of aromatic amines is 1. The number of rotatable bonds is 3. The van der Waals surface area contributed by atoms with Crippen LogP contribution in [0.25, 0.3) is 21.3 Å². The van der Waals surface area contributed by atoms with Gasteiger partial charge < -0.3 is 15.1 Å². The summed E-state index contributed by atoms with van der Waals surface area (Å²) < 4.78 is 0. The minimum atomic E-state index is 0.157. The van der Waals surface area contributed by atoms with Gasteiger partial charge in [0.2, 0.25) is 5.91 Å². The van der Waals surface area contributed by atoms with Crippen LogP contribution in [-0.4, -0.2) is 67.5 Å². The lowest BCUT2D eigenvalue weighted by molar-refractivity contribution is -0.137. The Morgan fingerprint density at radius 2 is 2.06 bits per heavy atom. The van der Waals surface area contributed by atoms with Gasteiger partial charge in [-0.1, -0.05) is 0 Å². The fraction of sp³-hybridized carbons (Fsp3) is 0.409. The van der Waals surface area contributed by atoms with Crippen molar-refractivity contribution in [2.75, 3.05) is 32.0 Å². The lowest BCUT2D eigenvalue weighted by Crippen LogP contribution is -2.43. The molecule has 0 bridgehead atoms. The SMILES string of the molecule is CN1CCC(C(=O)N2CCc3c(sc4ncnc(Nc5cnc6[nH]ncc6c5)c34)C2)CC1. The standard InChI is InChI=1S/C22H24N8OS/c1-29-5-2-13(3-6-29)22(31)30-7-4-16-17(11-30)32-21-18(16)20(24-12-25-21)27-15-8-14-9-26-28-19(14)23-10-15/h8-10,12-13H,2-7,11H2,1H3,(H,23,26,28)(H,24,25,27). The molecule has 0 radical (unpaired) electrons. The summed E-state index contributed by atoms with van der Waals surface area (Å²) in [6.07, 6.45) is 7.87. The van der Waals surface area contributed by atoms with E-state index in [1.54, 1.807) is 30.1 Å². The highest BCUT2D eigenvalue weighted by atomic mass is 32.1. The van der Waals surface area contributed by atoms with Crippen molar-refractivity contribution in [3.05, 3.63) is 35.2 Å². The number of likely N-dealkylation sites (tertiary alicyclic amines) is 1. The zero-order valence-corrected chi connectivity index (χ0v) is 18.7. The van der Waals surface area contributed by atoms with Crippen LogP contribution >= 0.6 is 11.3 Å². The Bertz CT molecular complexity index is 1310. The molecule has 0 unspecified atom stereocenters. The number of fused-ring (bicyclic) bond motifs is 4. The number of pyridine rings is 1. The molecule has 6 rings (SSSR count). The van der Waals surface area contributed by atoms with E-state index in [-0.39, 0.29) is 5.92 Å². The number of amides is 1. The molecule has 4 aromatic heterocycles. The van der Waals surface area contributed by atoms with Gasteiger partial charge >= 0.3 is 0 Å². The molecule has 1 saturated heterocycles. The summed E-state index contributed by atoms with van der Waals surface area (Å²) in [5, 5.41) is 12.3. The number of piperidine rings is 1. The molecule has 32 heavy (non-hydrogen) atoms. The molecule has 1 fully saturated rings. The number of aromatic nitrogens is 5. The Morgan fingerprint density at radius 1 is 1.19 bits per heavy atom. The second-order valence-corrected chi connectivity index (χ2v) is 9.73. The average molecular weight is 449 g/mol. The molecular weight excluding hydrogens is 424 g/mol. The van der Waals surface area contributed by atoms with E-state index in [1.165, 1.54) is 10.4 Å². The Kier molecular flexibility index (Phi) is 4.76. The quantitative estimate of drug-likeness (QED) is 0.497. The molecule has 2 aliphatic rings. The average Bonchev–Trinajstić information content (AvgIpc) is 3.43. The fourth-order valence-corrected chi connectivity index (χ4v) is 5.97. The van der Waals surface area contributed by atoms with Gasteiger partial charge in [-0.2, -0.15) is 5.10 Å². The first-order chi connectivity index (χ1) is 15.7. The van der Waals surface area contributed by atoms with Crippen LogP contribution in [0.3, 0.4) is 0 Å². The summed E-state index contributed by atoms with van der Waals surface area (Å²) in [6.45, 7) is 3.43. The van der Waals surface area contributed by atoms with E-state index in [4.69, 9.17) is 0 Å². The van der Waals surface area contributed by atoms with Crippen molar-refractivity contribution in [2.45, 2.75) is 25.8 Å². The van der Waals surface area contributed by atoms with E-state index in [2.05, 4.69) is 42.4 Å². The molecule has 0 saturated carbocycles. The van der Waals surface area contributed by atoms with Gasteiger partial charge in [-0.05, 0) is 51.0 Å². The third kappa shape index (κ3) is 3.39. The molecule has 6 heterocycles. The number of hydrogen-bond acceptors (Lipinski definition) is 8. The van der Waals surface area contributed by atoms with Crippen LogP contribution in [0.15, 0.2) is 24.8 Å². The lowest BCUT2D eigenvalue weighted by atomic mass is 9.94. The minimum Gasteiger partial charge on any atom is -0.338 e. The third-order valence-corrected chi connectivity index (χ3v) is 7.70. The van der Waals surface area contributed by atoms with Crippen molar-refractivity contribution in [1.82, 2.24) is 34.9 Å². The van der Waals surface area contributed by atoms with Crippen LogP contribution in [0.2, 0.25) is 0 Å². The van der Waals surface area contributed by atoms with Crippen molar-refractivity contribution in [1.29, 1.82) is 0 Å². The summed E-state index contributed by atoms with van der Waals surface area (Å²) in [5.41, 5.74) is 2.87. The van der Waals surface area contributed by atoms with Crippen molar-refractivity contribution < 1.29 is 4.79 Å². The van der Waals surface area contributed by atoms with E-state index in [0.29, 0.717) is 12.5 Å². The van der Waals surface area contributed by atoms with E-state index in [9.17, 15) is 4.79 Å². The highest BCUT2D eigenvalue weighted by Crippen LogP contribution is 2.38. The number of carbonyl (C=O) groups is 1. The highest BCUT2D eigenvalue weighted by molar-refractivity contribution is 7.19. The number of carbonyl (C=O) groups excluding carboxylic acids is 1. The van der Waals surface area contributed by atoms with Crippen molar-refractivity contribution in [3.8, 4) is 0 Å². The Balaban J connectivity index is 1.27. The van der Waals surface area contributed by atoms with E-state index >= 15 is 0 Å². The molecule has 2 aliphatic heterocycles. The van der Waals surface area contributed by atoms with Gasteiger partial charge in [0.1, 0.15) is 17.0 Å². The highest BCUT2D eigenvalue weighted by Gasteiger charge is 2.31. The largest absolute Gasteiger partial charge is 0.338 e. The summed E-state index contributed by atoms with van der Waals surface area (Å²) in [7, 11) is 2.13.